The lowest BCUT2D eigenvalue weighted by molar-refractivity contribution is -0.116. The fourth-order valence-corrected chi connectivity index (χ4v) is 4.91. The maximum atomic E-state index is 13.4. The molecule has 1 atom stereocenters. The number of amides is 1. The van der Waals surface area contributed by atoms with Crippen molar-refractivity contribution in [2.24, 2.45) is 0 Å². The van der Waals surface area contributed by atoms with Crippen molar-refractivity contribution in [3.63, 3.8) is 0 Å². The number of halogens is 1. The molecule has 8 heteroatoms. The number of hydrogen-bond acceptors (Lipinski definition) is 5. The van der Waals surface area contributed by atoms with Crippen molar-refractivity contribution in [1.29, 1.82) is 0 Å². The quantitative estimate of drug-likeness (QED) is 0.614. The molecule has 6 nitrogen and oxygen atoms in total. The lowest BCUT2D eigenvalue weighted by Crippen LogP contribution is -2.22. The Bertz CT molecular complexity index is 1140. The summed E-state index contributed by atoms with van der Waals surface area (Å²) < 4.78 is 24.1. The van der Waals surface area contributed by atoms with Gasteiger partial charge in [-0.25, -0.2) is 9.18 Å². The van der Waals surface area contributed by atoms with Gasteiger partial charge in [-0.3, -0.25) is 4.79 Å². The highest BCUT2D eigenvalue weighted by atomic mass is 32.1. The van der Waals surface area contributed by atoms with Crippen molar-refractivity contribution >= 4 is 28.9 Å². The van der Waals surface area contributed by atoms with E-state index < -0.39 is 11.8 Å². The van der Waals surface area contributed by atoms with Crippen LogP contribution < -0.4 is 14.8 Å². The summed E-state index contributed by atoms with van der Waals surface area (Å²) in [7, 11) is 3.07. The topological polar surface area (TPSA) is 84.9 Å². The monoisotopic (exact) mass is 427 g/mol. The van der Waals surface area contributed by atoms with Gasteiger partial charge >= 0.3 is 5.97 Å². The molecule has 1 aliphatic rings. The van der Waals surface area contributed by atoms with Gasteiger partial charge in [-0.05, 0) is 35.4 Å². The Morgan fingerprint density at radius 2 is 1.83 bits per heavy atom. The second-order valence-electron chi connectivity index (χ2n) is 6.78. The Labute approximate surface area is 175 Å². The Morgan fingerprint density at radius 1 is 1.13 bits per heavy atom. The first-order valence-electron chi connectivity index (χ1n) is 9.10. The van der Waals surface area contributed by atoms with E-state index in [1.807, 2.05) is 6.07 Å². The van der Waals surface area contributed by atoms with Gasteiger partial charge < -0.3 is 19.9 Å². The second-order valence-corrected chi connectivity index (χ2v) is 7.83. The summed E-state index contributed by atoms with van der Waals surface area (Å²) in [6.45, 7) is 0. The van der Waals surface area contributed by atoms with Gasteiger partial charge in [0.25, 0.3) is 0 Å². The third-order valence-corrected chi connectivity index (χ3v) is 6.33. The van der Waals surface area contributed by atoms with Crippen molar-refractivity contribution in [3.05, 3.63) is 63.6 Å². The summed E-state index contributed by atoms with van der Waals surface area (Å²) in [4.78, 5) is 25.3. The Morgan fingerprint density at radius 3 is 2.47 bits per heavy atom. The number of fused-ring (bicyclic) bond motifs is 1. The summed E-state index contributed by atoms with van der Waals surface area (Å²) >= 11 is 1.12. The minimum absolute atomic E-state index is 0.0966. The number of benzene rings is 2. The molecule has 4 rings (SSSR count). The molecule has 1 aromatic heterocycles. The molecule has 2 N–H and O–H groups in total. The number of hydrogen-bond donors (Lipinski definition) is 2. The van der Waals surface area contributed by atoms with E-state index in [1.165, 1.54) is 38.5 Å². The van der Waals surface area contributed by atoms with E-state index in [4.69, 9.17) is 9.47 Å². The molecule has 1 aliphatic heterocycles. The SMILES string of the molecule is COc1ccc([C@H]2CC(=O)Nc3c2sc(C(=O)O)c3-c2ccc(F)cc2)cc1OC. The van der Waals surface area contributed by atoms with E-state index in [2.05, 4.69) is 5.32 Å². The summed E-state index contributed by atoms with van der Waals surface area (Å²) in [5.74, 6) is -1.00. The van der Waals surface area contributed by atoms with Gasteiger partial charge in [0.15, 0.2) is 11.5 Å². The van der Waals surface area contributed by atoms with Gasteiger partial charge in [0.1, 0.15) is 10.7 Å². The van der Waals surface area contributed by atoms with Crippen LogP contribution in [0.3, 0.4) is 0 Å². The molecule has 0 aliphatic carbocycles. The largest absolute Gasteiger partial charge is 0.493 e. The third-order valence-electron chi connectivity index (χ3n) is 5.04. The zero-order chi connectivity index (χ0) is 21.4. The average Bonchev–Trinajstić information content (AvgIpc) is 3.12. The number of carboxylic acids is 1. The summed E-state index contributed by atoms with van der Waals surface area (Å²) in [6.07, 6.45) is 0.172. The minimum atomic E-state index is -1.10. The van der Waals surface area contributed by atoms with Crippen LogP contribution in [0.4, 0.5) is 10.1 Å². The molecule has 30 heavy (non-hydrogen) atoms. The molecule has 2 heterocycles. The molecule has 2 aromatic carbocycles. The van der Waals surface area contributed by atoms with Crippen LogP contribution in [0.2, 0.25) is 0 Å². The van der Waals surface area contributed by atoms with Crippen LogP contribution >= 0.6 is 11.3 Å². The molecule has 1 amide bonds. The molecule has 0 spiro atoms. The van der Waals surface area contributed by atoms with Crippen molar-refractivity contribution in [2.45, 2.75) is 12.3 Å². The minimum Gasteiger partial charge on any atom is -0.493 e. The van der Waals surface area contributed by atoms with E-state index in [-0.39, 0.29) is 23.1 Å². The fraction of sp³-hybridized carbons (Fsp3) is 0.182. The van der Waals surface area contributed by atoms with Crippen LogP contribution in [0.25, 0.3) is 11.1 Å². The molecule has 154 valence electrons. The molecule has 3 aromatic rings. The highest BCUT2D eigenvalue weighted by Crippen LogP contribution is 2.50. The number of nitrogens with one attached hydrogen (secondary N) is 1. The number of methoxy groups -OCH3 is 2. The van der Waals surface area contributed by atoms with Crippen LogP contribution in [0.5, 0.6) is 11.5 Å². The third kappa shape index (κ3) is 3.39. The lowest BCUT2D eigenvalue weighted by atomic mass is 9.88. The van der Waals surface area contributed by atoms with Crippen molar-refractivity contribution in [2.75, 3.05) is 19.5 Å². The number of rotatable bonds is 5. The maximum absolute atomic E-state index is 13.4. The van der Waals surface area contributed by atoms with Gasteiger partial charge in [0, 0.05) is 22.8 Å². The van der Waals surface area contributed by atoms with Crippen molar-refractivity contribution in [3.8, 4) is 22.6 Å². The zero-order valence-corrected chi connectivity index (χ0v) is 17.0. The van der Waals surface area contributed by atoms with E-state index >= 15 is 0 Å². The number of ether oxygens (including phenoxy) is 2. The molecule has 0 fully saturated rings. The van der Waals surface area contributed by atoms with Crippen LogP contribution in [-0.4, -0.2) is 31.2 Å². The predicted molar refractivity (Wildman–Crippen MR) is 111 cm³/mol. The standard InChI is InChI=1S/C22H18FNO5S/c1-28-15-8-5-12(9-16(15)29-2)14-10-17(25)24-19-18(11-3-6-13(23)7-4-11)21(22(26)27)30-20(14)19/h3-9,14H,10H2,1-2H3,(H,24,25)(H,26,27)/t14-/m1/s1. The Hall–Kier alpha value is -3.39. The Balaban J connectivity index is 1.90. The van der Waals surface area contributed by atoms with E-state index in [1.54, 1.807) is 12.1 Å². The van der Waals surface area contributed by atoms with Crippen LogP contribution in [0.15, 0.2) is 42.5 Å². The maximum Gasteiger partial charge on any atom is 0.346 e. The molecule has 0 radical (unpaired) electrons. The molecular weight excluding hydrogens is 409 g/mol. The molecule has 0 saturated carbocycles. The smallest absolute Gasteiger partial charge is 0.346 e. The lowest BCUT2D eigenvalue weighted by Gasteiger charge is -2.24. The molecule has 0 unspecified atom stereocenters. The van der Waals surface area contributed by atoms with Crippen LogP contribution in [-0.2, 0) is 4.79 Å². The van der Waals surface area contributed by atoms with Gasteiger partial charge in [-0.2, -0.15) is 0 Å². The highest BCUT2D eigenvalue weighted by Gasteiger charge is 2.34. The molecule has 0 bridgehead atoms. The summed E-state index contributed by atoms with van der Waals surface area (Å²) in [6, 6.07) is 10.9. The number of thiophene rings is 1. The fourth-order valence-electron chi connectivity index (χ4n) is 3.67. The van der Waals surface area contributed by atoms with Gasteiger partial charge in [-0.1, -0.05) is 18.2 Å². The van der Waals surface area contributed by atoms with E-state index in [0.29, 0.717) is 28.3 Å². The first-order valence-corrected chi connectivity index (χ1v) is 9.92. The number of aromatic carboxylic acids is 1. The number of carboxylic acid groups (broad SMARTS) is 1. The second kappa shape index (κ2) is 7.79. The normalized spacial score (nSPS) is 15.3. The molecular formula is C22H18FNO5S. The highest BCUT2D eigenvalue weighted by molar-refractivity contribution is 7.15. The number of carbonyl (C=O) groups excluding carboxylic acids is 1. The summed E-state index contributed by atoms with van der Waals surface area (Å²) in [5, 5.41) is 12.6. The average molecular weight is 427 g/mol. The van der Waals surface area contributed by atoms with Gasteiger partial charge in [-0.15, -0.1) is 11.3 Å². The number of anilines is 1. The number of carbonyl (C=O) groups is 2. The molecule has 0 saturated heterocycles. The summed E-state index contributed by atoms with van der Waals surface area (Å²) in [5.41, 5.74) is 2.19. The zero-order valence-electron chi connectivity index (χ0n) is 16.2. The predicted octanol–water partition coefficient (Wildman–Crippen LogP) is 4.74. The van der Waals surface area contributed by atoms with Gasteiger partial charge in [0.05, 0.1) is 19.9 Å². The van der Waals surface area contributed by atoms with Crippen molar-refractivity contribution in [1.82, 2.24) is 0 Å². The van der Waals surface area contributed by atoms with Crippen LogP contribution in [0, 0.1) is 5.82 Å². The Kier molecular flexibility index (Phi) is 5.17. The first-order chi connectivity index (χ1) is 14.4. The van der Waals surface area contributed by atoms with Crippen molar-refractivity contribution < 1.29 is 28.6 Å². The van der Waals surface area contributed by atoms with E-state index in [0.717, 1.165) is 21.8 Å². The van der Waals surface area contributed by atoms with Crippen LogP contribution in [0.1, 0.15) is 32.5 Å². The first kappa shape index (κ1) is 19.9. The van der Waals surface area contributed by atoms with Gasteiger partial charge in [0.2, 0.25) is 5.91 Å². The van der Waals surface area contributed by atoms with E-state index in [9.17, 15) is 19.1 Å².